The van der Waals surface area contributed by atoms with Crippen molar-refractivity contribution in [3.63, 3.8) is 0 Å². The van der Waals surface area contributed by atoms with Crippen LogP contribution < -0.4 is 5.32 Å². The molecule has 0 heterocycles. The summed E-state index contributed by atoms with van der Waals surface area (Å²) in [6.07, 6.45) is 10.5. The Kier molecular flexibility index (Phi) is 8.30. The van der Waals surface area contributed by atoms with E-state index in [2.05, 4.69) is 53.4 Å². The third-order valence-electron chi connectivity index (χ3n) is 17.1. The van der Waals surface area contributed by atoms with Gasteiger partial charge in [-0.25, -0.2) is 0 Å². The van der Waals surface area contributed by atoms with Gasteiger partial charge in [-0.05, 0) is 150 Å². The molecule has 6 rings (SSSR count). The van der Waals surface area contributed by atoms with Crippen molar-refractivity contribution < 1.29 is 24.2 Å². The molecular weight excluding hydrogens is 598 g/mol. The number of amides is 1. The van der Waals surface area contributed by atoms with Gasteiger partial charge in [-0.1, -0.05) is 60.6 Å². The summed E-state index contributed by atoms with van der Waals surface area (Å²) < 4.78 is 6.52. The number of aliphatic carboxylic acids is 1. The van der Waals surface area contributed by atoms with Crippen molar-refractivity contribution >= 4 is 17.8 Å². The highest BCUT2D eigenvalue weighted by Gasteiger charge is 2.72. The van der Waals surface area contributed by atoms with Crippen LogP contribution in [0.5, 0.6) is 0 Å². The number of hydrogen-bond acceptors (Lipinski definition) is 4. The molecule has 6 heteroatoms. The molecule has 12 atom stereocenters. The van der Waals surface area contributed by atoms with Crippen molar-refractivity contribution in [1.29, 1.82) is 0 Å². The van der Waals surface area contributed by atoms with Gasteiger partial charge in [0.05, 0.1) is 11.3 Å². The lowest BCUT2D eigenvalue weighted by Crippen LogP contribution is -2.67. The lowest BCUT2D eigenvalue weighted by molar-refractivity contribution is -0.252. The van der Waals surface area contributed by atoms with Crippen LogP contribution in [0.4, 0.5) is 0 Å². The molecule has 270 valence electrons. The molecular formula is C42H67NO5. The van der Waals surface area contributed by atoms with E-state index in [1.54, 1.807) is 0 Å². The normalized spacial score (nSPS) is 47.2. The van der Waals surface area contributed by atoms with E-state index in [0.717, 1.165) is 64.2 Å². The molecule has 0 bridgehead atoms. The summed E-state index contributed by atoms with van der Waals surface area (Å²) in [7, 11) is 0. The molecule has 0 aromatic carbocycles. The summed E-state index contributed by atoms with van der Waals surface area (Å²) in [5, 5.41) is 13.8. The Morgan fingerprint density at radius 1 is 0.771 bits per heavy atom. The van der Waals surface area contributed by atoms with Crippen LogP contribution in [-0.4, -0.2) is 34.6 Å². The monoisotopic (exact) mass is 666 g/mol. The van der Waals surface area contributed by atoms with Crippen LogP contribution in [0.3, 0.4) is 0 Å². The number of fused-ring (bicyclic) bond motifs is 7. The molecule has 0 spiro atoms. The molecule has 2 N–H and O–H groups in total. The van der Waals surface area contributed by atoms with Crippen LogP contribution >= 0.6 is 0 Å². The molecule has 6 nitrogen and oxygen atoms in total. The van der Waals surface area contributed by atoms with Crippen LogP contribution in [-0.2, 0) is 19.1 Å². The van der Waals surface area contributed by atoms with Gasteiger partial charge >= 0.3 is 11.9 Å². The molecule has 6 saturated carbocycles. The third kappa shape index (κ3) is 4.85. The Labute approximate surface area is 291 Å². The minimum atomic E-state index is -0.590. The van der Waals surface area contributed by atoms with Gasteiger partial charge < -0.3 is 15.2 Å². The first-order chi connectivity index (χ1) is 22.0. The van der Waals surface area contributed by atoms with Crippen LogP contribution in [0.2, 0.25) is 0 Å². The van der Waals surface area contributed by atoms with E-state index in [4.69, 9.17) is 4.74 Å². The largest absolute Gasteiger partial charge is 0.481 e. The fourth-order valence-corrected chi connectivity index (χ4v) is 14.1. The molecule has 6 fully saturated rings. The van der Waals surface area contributed by atoms with Gasteiger partial charge in [0.25, 0.3) is 0 Å². The summed E-state index contributed by atoms with van der Waals surface area (Å²) >= 11 is 0. The van der Waals surface area contributed by atoms with E-state index in [1.807, 2.05) is 34.6 Å². The SMILES string of the molecule is C=C(C)C1CCC2(C(=O)O)CCC3(C)C(CCC4C5(C)CCC(OC(=O)C6CC(C(=O)NC(C)(C)C)C6(C)C)C(C)(C)C5CCC43C)C12. The Hall–Kier alpha value is -1.85. The fourth-order valence-electron chi connectivity index (χ4n) is 14.1. The van der Waals surface area contributed by atoms with E-state index in [1.165, 1.54) is 5.57 Å². The van der Waals surface area contributed by atoms with Crippen LogP contribution in [0, 0.1) is 73.9 Å². The van der Waals surface area contributed by atoms with Gasteiger partial charge in [0.1, 0.15) is 6.10 Å². The van der Waals surface area contributed by atoms with Gasteiger partial charge in [0.2, 0.25) is 5.91 Å². The topological polar surface area (TPSA) is 92.7 Å². The number of hydrogen-bond donors (Lipinski definition) is 2. The fraction of sp³-hybridized carbons (Fsp3) is 0.881. The van der Waals surface area contributed by atoms with Gasteiger partial charge in [-0.3, -0.25) is 14.4 Å². The van der Waals surface area contributed by atoms with E-state index < -0.39 is 16.8 Å². The van der Waals surface area contributed by atoms with Gasteiger partial charge in [0, 0.05) is 16.9 Å². The van der Waals surface area contributed by atoms with Gasteiger partial charge in [-0.2, -0.15) is 0 Å². The number of carboxylic acids is 1. The predicted molar refractivity (Wildman–Crippen MR) is 190 cm³/mol. The maximum atomic E-state index is 13.8. The highest BCUT2D eigenvalue weighted by atomic mass is 16.5. The van der Waals surface area contributed by atoms with Crippen molar-refractivity contribution in [1.82, 2.24) is 5.32 Å². The number of carbonyl (C=O) groups excluding carboxylic acids is 2. The molecule has 1 amide bonds. The van der Waals surface area contributed by atoms with Crippen molar-refractivity contribution in [2.75, 3.05) is 0 Å². The van der Waals surface area contributed by atoms with Crippen LogP contribution in [0.15, 0.2) is 12.2 Å². The number of allylic oxidation sites excluding steroid dienone is 1. The zero-order chi connectivity index (χ0) is 35.6. The Morgan fingerprint density at radius 2 is 1.44 bits per heavy atom. The van der Waals surface area contributed by atoms with E-state index >= 15 is 0 Å². The predicted octanol–water partition coefficient (Wildman–Crippen LogP) is 9.22. The molecule has 0 saturated heterocycles. The number of carbonyl (C=O) groups is 3. The number of carboxylic acid groups (broad SMARTS) is 1. The van der Waals surface area contributed by atoms with E-state index in [9.17, 15) is 19.5 Å². The second-order valence-corrected chi connectivity index (χ2v) is 20.8. The number of nitrogens with one attached hydrogen (secondary N) is 1. The Bertz CT molecular complexity index is 1370. The summed E-state index contributed by atoms with van der Waals surface area (Å²) in [4.78, 5) is 39.8. The lowest BCUT2D eigenvalue weighted by Gasteiger charge is -2.72. The average molecular weight is 666 g/mol. The summed E-state index contributed by atoms with van der Waals surface area (Å²) in [6, 6.07) is 0. The number of ether oxygens (including phenoxy) is 1. The second-order valence-electron chi connectivity index (χ2n) is 20.8. The minimum absolute atomic E-state index is 0.0358. The molecule has 0 radical (unpaired) electrons. The zero-order valence-corrected chi connectivity index (χ0v) is 32.2. The van der Waals surface area contributed by atoms with Gasteiger partial charge in [-0.15, -0.1) is 0 Å². The molecule has 12 unspecified atom stereocenters. The molecule has 6 aliphatic carbocycles. The van der Waals surface area contributed by atoms with Crippen LogP contribution in [0.25, 0.3) is 0 Å². The van der Waals surface area contributed by atoms with Crippen molar-refractivity contribution in [3.05, 3.63) is 12.2 Å². The van der Waals surface area contributed by atoms with Crippen LogP contribution in [0.1, 0.15) is 147 Å². The highest BCUT2D eigenvalue weighted by molar-refractivity contribution is 5.85. The molecule has 0 aromatic heterocycles. The average Bonchev–Trinajstić information content (AvgIpc) is 3.35. The first kappa shape index (κ1) is 36.0. The first-order valence-corrected chi connectivity index (χ1v) is 19.4. The van der Waals surface area contributed by atoms with Crippen molar-refractivity contribution in [2.24, 2.45) is 73.9 Å². The lowest BCUT2D eigenvalue weighted by atomic mass is 9.32. The van der Waals surface area contributed by atoms with E-state index in [0.29, 0.717) is 30.1 Å². The van der Waals surface area contributed by atoms with Gasteiger partial charge in [0.15, 0.2) is 0 Å². The standard InChI is InChI=1S/C42H67NO5/c1-24(2)25-15-20-42(35(46)47)22-21-40(11)26(32(25)42)13-14-30-39(10)18-17-31(38(8,9)29(39)16-19-41(30,40)12)48-34(45)28-23-27(37(28,6)7)33(44)43-36(3,4)5/h25-32H,1,13-23H2,2-12H3,(H,43,44)(H,46,47). The Balaban J connectivity index is 1.20. The summed E-state index contributed by atoms with van der Waals surface area (Å²) in [5.74, 6) is 0.841. The molecule has 0 aromatic rings. The van der Waals surface area contributed by atoms with Crippen molar-refractivity contribution in [2.45, 2.75) is 158 Å². The number of esters is 1. The summed E-state index contributed by atoms with van der Waals surface area (Å²) in [6.45, 7) is 29.0. The zero-order valence-electron chi connectivity index (χ0n) is 32.2. The summed E-state index contributed by atoms with van der Waals surface area (Å²) in [5.41, 5.74) is 0.0997. The molecule has 6 aliphatic rings. The maximum Gasteiger partial charge on any atom is 0.309 e. The third-order valence-corrected chi connectivity index (χ3v) is 17.1. The highest BCUT2D eigenvalue weighted by Crippen LogP contribution is 2.77. The second kappa shape index (κ2) is 11.1. The van der Waals surface area contributed by atoms with E-state index in [-0.39, 0.29) is 62.9 Å². The minimum Gasteiger partial charge on any atom is -0.481 e. The first-order valence-electron chi connectivity index (χ1n) is 19.4. The molecule has 48 heavy (non-hydrogen) atoms. The number of rotatable bonds is 5. The maximum absolute atomic E-state index is 13.8. The Morgan fingerprint density at radius 3 is 2.02 bits per heavy atom. The quantitative estimate of drug-likeness (QED) is 0.226. The van der Waals surface area contributed by atoms with Crippen molar-refractivity contribution in [3.8, 4) is 0 Å². The molecule has 0 aliphatic heterocycles. The smallest absolute Gasteiger partial charge is 0.309 e.